The lowest BCUT2D eigenvalue weighted by Crippen LogP contribution is -2.16. The van der Waals surface area contributed by atoms with E-state index in [2.05, 4.69) is 9.73 Å². The molecule has 27 heavy (non-hydrogen) atoms. The Bertz CT molecular complexity index is 874. The molecule has 0 aliphatic carbocycles. The smallest absolute Gasteiger partial charge is 0.489 e. The minimum atomic E-state index is -4.70. The van der Waals surface area contributed by atoms with E-state index < -0.39 is 6.36 Å². The lowest BCUT2D eigenvalue weighted by Gasteiger charge is -2.08. The highest BCUT2D eigenvalue weighted by atomic mass is 19.4. The average molecular weight is 371 g/mol. The summed E-state index contributed by atoms with van der Waals surface area (Å²) in [6.45, 7) is 0.487. The van der Waals surface area contributed by atoms with E-state index in [-0.39, 0.29) is 5.75 Å². The topological polar surface area (TPSA) is 30.8 Å². The van der Waals surface area contributed by atoms with Crippen molar-refractivity contribution in [1.82, 2.24) is 0 Å². The van der Waals surface area contributed by atoms with E-state index in [1.54, 1.807) is 6.21 Å². The van der Waals surface area contributed by atoms with Crippen molar-refractivity contribution in [2.75, 3.05) is 0 Å². The molecule has 0 heterocycles. The summed E-state index contributed by atoms with van der Waals surface area (Å²) >= 11 is 0. The molecule has 0 amide bonds. The van der Waals surface area contributed by atoms with Crippen molar-refractivity contribution in [3.63, 3.8) is 0 Å². The van der Waals surface area contributed by atoms with Gasteiger partial charge in [0.25, 0.3) is 0 Å². The van der Waals surface area contributed by atoms with Gasteiger partial charge < -0.3 is 9.47 Å². The first-order chi connectivity index (χ1) is 13.0. The Kier molecular flexibility index (Phi) is 5.76. The number of halogens is 3. The van der Waals surface area contributed by atoms with Crippen LogP contribution in [0.1, 0.15) is 11.1 Å². The second kappa shape index (κ2) is 8.40. The second-order valence-electron chi connectivity index (χ2n) is 5.64. The van der Waals surface area contributed by atoms with Crippen LogP contribution in [0.25, 0.3) is 0 Å². The first-order valence-corrected chi connectivity index (χ1v) is 8.15. The molecule has 3 nitrogen and oxygen atoms in total. The molecule has 0 saturated heterocycles. The summed E-state index contributed by atoms with van der Waals surface area (Å²) in [5.74, 6) is 0.464. The molecule has 3 aromatic rings. The van der Waals surface area contributed by atoms with Crippen molar-refractivity contribution < 1.29 is 22.6 Å². The Balaban J connectivity index is 1.56. The van der Waals surface area contributed by atoms with Crippen molar-refractivity contribution in [2.24, 2.45) is 4.99 Å². The van der Waals surface area contributed by atoms with E-state index in [4.69, 9.17) is 4.74 Å². The fourth-order valence-electron chi connectivity index (χ4n) is 2.27. The van der Waals surface area contributed by atoms with Gasteiger partial charge in [0.1, 0.15) is 18.1 Å². The third kappa shape index (κ3) is 6.18. The summed E-state index contributed by atoms with van der Waals surface area (Å²) < 4.78 is 45.9. The molecule has 0 aliphatic rings. The summed E-state index contributed by atoms with van der Waals surface area (Å²) in [5, 5.41) is 0. The van der Waals surface area contributed by atoms with Crippen LogP contribution in [-0.2, 0) is 6.61 Å². The fourth-order valence-corrected chi connectivity index (χ4v) is 2.27. The van der Waals surface area contributed by atoms with Gasteiger partial charge in [-0.05, 0) is 59.7 Å². The van der Waals surface area contributed by atoms with Crippen molar-refractivity contribution in [3.8, 4) is 11.5 Å². The Hall–Kier alpha value is -3.28. The molecule has 0 saturated carbocycles. The third-order valence-electron chi connectivity index (χ3n) is 3.56. The van der Waals surface area contributed by atoms with Gasteiger partial charge >= 0.3 is 6.36 Å². The third-order valence-corrected chi connectivity index (χ3v) is 3.56. The van der Waals surface area contributed by atoms with Crippen LogP contribution in [-0.4, -0.2) is 12.6 Å². The molecule has 0 unspecified atom stereocenters. The van der Waals surface area contributed by atoms with Gasteiger partial charge in [-0.1, -0.05) is 30.3 Å². The number of alkyl halides is 3. The largest absolute Gasteiger partial charge is 0.573 e. The number of rotatable bonds is 6. The molecule has 3 rings (SSSR count). The Morgan fingerprint density at radius 1 is 0.778 bits per heavy atom. The van der Waals surface area contributed by atoms with Crippen LogP contribution >= 0.6 is 0 Å². The normalized spacial score (nSPS) is 11.5. The van der Waals surface area contributed by atoms with Gasteiger partial charge in [0.05, 0.1) is 5.69 Å². The molecule has 0 N–H and O–H groups in total. The lowest BCUT2D eigenvalue weighted by molar-refractivity contribution is -0.274. The Morgan fingerprint density at radius 3 is 2.04 bits per heavy atom. The fraction of sp³-hybridized carbons (Fsp3) is 0.0952. The van der Waals surface area contributed by atoms with E-state index in [1.807, 2.05) is 54.6 Å². The van der Waals surface area contributed by atoms with Gasteiger partial charge in [-0.3, -0.25) is 4.99 Å². The summed E-state index contributed by atoms with van der Waals surface area (Å²) in [6, 6.07) is 22.6. The van der Waals surface area contributed by atoms with Crippen LogP contribution in [0, 0.1) is 0 Å². The highest BCUT2D eigenvalue weighted by Gasteiger charge is 2.30. The maximum Gasteiger partial charge on any atom is 0.573 e. The van der Waals surface area contributed by atoms with Crippen molar-refractivity contribution in [3.05, 3.63) is 90.0 Å². The van der Waals surface area contributed by atoms with Crippen molar-refractivity contribution in [1.29, 1.82) is 0 Å². The van der Waals surface area contributed by atoms with E-state index in [0.717, 1.165) is 16.9 Å². The van der Waals surface area contributed by atoms with E-state index >= 15 is 0 Å². The van der Waals surface area contributed by atoms with Gasteiger partial charge in [-0.2, -0.15) is 0 Å². The first-order valence-electron chi connectivity index (χ1n) is 8.15. The summed E-state index contributed by atoms with van der Waals surface area (Å²) in [6.07, 6.45) is -3.07. The van der Waals surface area contributed by atoms with E-state index in [1.165, 1.54) is 24.3 Å². The molecule has 3 aromatic carbocycles. The molecule has 138 valence electrons. The number of nitrogens with zero attached hydrogens (tertiary/aromatic N) is 1. The summed E-state index contributed by atoms with van der Waals surface area (Å²) in [5.41, 5.74) is 2.45. The van der Waals surface area contributed by atoms with Gasteiger partial charge in [-0.25, -0.2) is 0 Å². The lowest BCUT2D eigenvalue weighted by atomic mass is 10.2. The van der Waals surface area contributed by atoms with Gasteiger partial charge in [0.15, 0.2) is 0 Å². The summed E-state index contributed by atoms with van der Waals surface area (Å²) in [4.78, 5) is 4.23. The zero-order valence-corrected chi connectivity index (χ0v) is 14.2. The molecule has 0 atom stereocenters. The SMILES string of the molecule is FC(F)(F)Oc1ccc(N=Cc2ccc(OCc3ccccc3)cc2)cc1. The molecular weight excluding hydrogens is 355 g/mol. The quantitative estimate of drug-likeness (QED) is 0.504. The number of hydrogen-bond acceptors (Lipinski definition) is 3. The first kappa shape index (κ1) is 18.5. The van der Waals surface area contributed by atoms with E-state index in [0.29, 0.717) is 12.3 Å². The Morgan fingerprint density at radius 2 is 1.41 bits per heavy atom. The number of ether oxygens (including phenoxy) is 2. The molecule has 0 bridgehead atoms. The van der Waals surface area contributed by atoms with Crippen LogP contribution in [0.4, 0.5) is 18.9 Å². The molecule has 6 heteroatoms. The minimum absolute atomic E-state index is 0.277. The maximum absolute atomic E-state index is 12.1. The zero-order valence-electron chi connectivity index (χ0n) is 14.2. The van der Waals surface area contributed by atoms with Crippen LogP contribution < -0.4 is 9.47 Å². The standard InChI is InChI=1S/C21H16F3NO2/c22-21(23,24)27-20-12-8-18(9-13-20)25-14-16-6-10-19(11-7-16)26-15-17-4-2-1-3-5-17/h1-14H,15H2. The Labute approximate surface area is 154 Å². The number of hydrogen-bond donors (Lipinski definition) is 0. The molecular formula is C21H16F3NO2. The van der Waals surface area contributed by atoms with Gasteiger partial charge in [0.2, 0.25) is 0 Å². The minimum Gasteiger partial charge on any atom is -0.489 e. The summed E-state index contributed by atoms with van der Waals surface area (Å²) in [7, 11) is 0. The predicted octanol–water partition coefficient (Wildman–Crippen LogP) is 5.91. The molecule has 0 aromatic heterocycles. The monoisotopic (exact) mass is 371 g/mol. The average Bonchev–Trinajstić information content (AvgIpc) is 2.66. The van der Waals surface area contributed by atoms with Crippen molar-refractivity contribution in [2.45, 2.75) is 13.0 Å². The van der Waals surface area contributed by atoms with E-state index in [9.17, 15) is 13.2 Å². The van der Waals surface area contributed by atoms with Crippen LogP contribution in [0.3, 0.4) is 0 Å². The molecule has 0 fully saturated rings. The highest BCUT2D eigenvalue weighted by Crippen LogP contribution is 2.25. The number of aliphatic imine (C=N–C) groups is 1. The highest BCUT2D eigenvalue weighted by molar-refractivity contribution is 5.82. The van der Waals surface area contributed by atoms with Gasteiger partial charge in [0, 0.05) is 6.21 Å². The van der Waals surface area contributed by atoms with Crippen LogP contribution in [0.2, 0.25) is 0 Å². The molecule has 0 radical (unpaired) electrons. The predicted molar refractivity (Wildman–Crippen MR) is 97.6 cm³/mol. The zero-order chi connectivity index (χ0) is 19.1. The maximum atomic E-state index is 12.1. The number of benzene rings is 3. The van der Waals surface area contributed by atoms with Crippen molar-refractivity contribution >= 4 is 11.9 Å². The van der Waals surface area contributed by atoms with Crippen LogP contribution in [0.15, 0.2) is 83.9 Å². The van der Waals surface area contributed by atoms with Crippen LogP contribution in [0.5, 0.6) is 11.5 Å². The second-order valence-corrected chi connectivity index (χ2v) is 5.64. The molecule has 0 spiro atoms. The molecule has 0 aliphatic heterocycles. The van der Waals surface area contributed by atoms with Gasteiger partial charge in [-0.15, -0.1) is 13.2 Å².